The molecule has 1 heterocycles. The summed E-state index contributed by atoms with van der Waals surface area (Å²) in [6, 6.07) is 9.62. The van der Waals surface area contributed by atoms with Crippen molar-refractivity contribution in [3.05, 3.63) is 54.5 Å². The van der Waals surface area contributed by atoms with Gasteiger partial charge in [-0.25, -0.2) is 0 Å². The molecule has 0 N–H and O–H groups in total. The lowest BCUT2D eigenvalue weighted by Gasteiger charge is -2.01. The summed E-state index contributed by atoms with van der Waals surface area (Å²) in [5.74, 6) is 5.32. The van der Waals surface area contributed by atoms with Crippen molar-refractivity contribution in [1.29, 1.82) is 0 Å². The predicted octanol–water partition coefficient (Wildman–Crippen LogP) is 2.04. The molecule has 2 rings (SSSR count). The van der Waals surface area contributed by atoms with Gasteiger partial charge in [-0.15, -0.1) is 0 Å². The van der Waals surface area contributed by atoms with Crippen molar-refractivity contribution in [3.63, 3.8) is 0 Å². The third-order valence-corrected chi connectivity index (χ3v) is 3.35. The highest BCUT2D eigenvalue weighted by atomic mass is 32.2. The summed E-state index contributed by atoms with van der Waals surface area (Å²) in [5.41, 5.74) is 0.677. The molecule has 0 unspecified atom stereocenters. The molecule has 0 saturated carbocycles. The van der Waals surface area contributed by atoms with Crippen LogP contribution < -0.4 is 0 Å². The second kappa shape index (κ2) is 5.54. The standard InChI is InChI=1S/C13H10O4S/c14-18(15,13-6-2-1-3-7-13)17-9-4-5-12-8-10-16-11-12/h1-3,6-8,10-11H,9H2. The Morgan fingerprint density at radius 1 is 1.17 bits per heavy atom. The first-order valence-electron chi connectivity index (χ1n) is 5.14. The molecule has 0 aliphatic carbocycles. The quantitative estimate of drug-likeness (QED) is 0.627. The summed E-state index contributed by atoms with van der Waals surface area (Å²) in [4.78, 5) is 0.120. The minimum Gasteiger partial charge on any atom is -0.471 e. The maximum atomic E-state index is 11.7. The number of hydrogen-bond donors (Lipinski definition) is 0. The van der Waals surface area contributed by atoms with Gasteiger partial charge in [-0.3, -0.25) is 4.18 Å². The van der Waals surface area contributed by atoms with Gasteiger partial charge in [0, 0.05) is 0 Å². The molecule has 4 nitrogen and oxygen atoms in total. The molecule has 0 bridgehead atoms. The van der Waals surface area contributed by atoms with Gasteiger partial charge < -0.3 is 4.42 Å². The van der Waals surface area contributed by atoms with E-state index in [1.807, 2.05) is 0 Å². The molecule has 18 heavy (non-hydrogen) atoms. The molecular formula is C13H10O4S. The Hall–Kier alpha value is -2.03. The molecule has 2 aromatic rings. The Labute approximate surface area is 105 Å². The van der Waals surface area contributed by atoms with Gasteiger partial charge in [-0.05, 0) is 18.2 Å². The van der Waals surface area contributed by atoms with Crippen LogP contribution in [0.5, 0.6) is 0 Å². The maximum Gasteiger partial charge on any atom is 0.297 e. The third kappa shape index (κ3) is 3.23. The number of furan rings is 1. The maximum absolute atomic E-state index is 11.7. The zero-order valence-corrected chi connectivity index (χ0v) is 10.2. The van der Waals surface area contributed by atoms with Crippen molar-refractivity contribution in [2.24, 2.45) is 0 Å². The Morgan fingerprint density at radius 3 is 2.61 bits per heavy atom. The Balaban J connectivity index is 1.98. The molecule has 92 valence electrons. The summed E-state index contributed by atoms with van der Waals surface area (Å²) in [7, 11) is -3.73. The van der Waals surface area contributed by atoms with Crippen LogP contribution in [0.15, 0.2) is 58.2 Å². The highest BCUT2D eigenvalue weighted by Crippen LogP contribution is 2.10. The fraction of sp³-hybridized carbons (Fsp3) is 0.0769. The van der Waals surface area contributed by atoms with Gasteiger partial charge in [-0.2, -0.15) is 8.42 Å². The summed E-state index contributed by atoms with van der Waals surface area (Å²) < 4.78 is 33.0. The summed E-state index contributed by atoms with van der Waals surface area (Å²) in [5, 5.41) is 0. The van der Waals surface area contributed by atoms with Crippen LogP contribution in [0.4, 0.5) is 0 Å². The van der Waals surface area contributed by atoms with E-state index in [1.54, 1.807) is 24.3 Å². The molecule has 0 spiro atoms. The molecule has 0 aliphatic rings. The molecule has 0 radical (unpaired) electrons. The SMILES string of the molecule is O=S(=O)(OCC#Cc1ccoc1)c1ccccc1. The van der Waals surface area contributed by atoms with Crippen LogP contribution in [-0.4, -0.2) is 15.0 Å². The fourth-order valence-corrected chi connectivity index (χ4v) is 2.08. The topological polar surface area (TPSA) is 56.5 Å². The van der Waals surface area contributed by atoms with E-state index in [-0.39, 0.29) is 11.5 Å². The lowest BCUT2D eigenvalue weighted by molar-refractivity contribution is 0.363. The molecule has 0 atom stereocenters. The van der Waals surface area contributed by atoms with E-state index in [2.05, 4.69) is 11.8 Å². The fourth-order valence-electron chi connectivity index (χ4n) is 1.24. The van der Waals surface area contributed by atoms with Crippen molar-refractivity contribution in [2.45, 2.75) is 4.90 Å². The minimum absolute atomic E-state index is 0.120. The van der Waals surface area contributed by atoms with Crippen molar-refractivity contribution >= 4 is 10.1 Å². The van der Waals surface area contributed by atoms with Crippen LogP contribution in [0.2, 0.25) is 0 Å². The van der Waals surface area contributed by atoms with Gasteiger partial charge in [0.05, 0.1) is 16.7 Å². The van der Waals surface area contributed by atoms with Crippen molar-refractivity contribution in [3.8, 4) is 11.8 Å². The first-order valence-corrected chi connectivity index (χ1v) is 6.55. The van der Waals surface area contributed by atoms with E-state index in [0.29, 0.717) is 5.56 Å². The van der Waals surface area contributed by atoms with E-state index in [1.165, 1.54) is 24.7 Å². The second-order valence-electron chi connectivity index (χ2n) is 3.34. The van der Waals surface area contributed by atoms with Crippen LogP contribution >= 0.6 is 0 Å². The molecule has 1 aromatic heterocycles. The van der Waals surface area contributed by atoms with Crippen LogP contribution in [0.25, 0.3) is 0 Å². The highest BCUT2D eigenvalue weighted by Gasteiger charge is 2.12. The Bertz CT molecular complexity index is 646. The Morgan fingerprint density at radius 2 is 1.94 bits per heavy atom. The minimum atomic E-state index is -3.73. The molecule has 5 heteroatoms. The first-order chi connectivity index (χ1) is 8.68. The zero-order chi connectivity index (χ0) is 12.8. The number of benzene rings is 1. The first kappa shape index (κ1) is 12.4. The average molecular weight is 262 g/mol. The van der Waals surface area contributed by atoms with Gasteiger partial charge >= 0.3 is 0 Å². The van der Waals surface area contributed by atoms with E-state index < -0.39 is 10.1 Å². The highest BCUT2D eigenvalue weighted by molar-refractivity contribution is 7.86. The molecule has 0 fully saturated rings. The van der Waals surface area contributed by atoms with Crippen LogP contribution in [0.3, 0.4) is 0 Å². The number of rotatable bonds is 3. The smallest absolute Gasteiger partial charge is 0.297 e. The van der Waals surface area contributed by atoms with Gasteiger partial charge in [0.25, 0.3) is 10.1 Å². The van der Waals surface area contributed by atoms with Crippen molar-refractivity contribution < 1.29 is 17.0 Å². The van der Waals surface area contributed by atoms with Gasteiger partial charge in [0.15, 0.2) is 0 Å². The average Bonchev–Trinajstić information content (AvgIpc) is 2.89. The summed E-state index contributed by atoms with van der Waals surface area (Å²) in [6.45, 7) is -0.192. The number of hydrogen-bond acceptors (Lipinski definition) is 4. The van der Waals surface area contributed by atoms with Gasteiger partial charge in [0.1, 0.15) is 12.9 Å². The Kier molecular flexibility index (Phi) is 3.82. The van der Waals surface area contributed by atoms with E-state index in [9.17, 15) is 8.42 Å². The molecule has 1 aromatic carbocycles. The van der Waals surface area contributed by atoms with E-state index >= 15 is 0 Å². The van der Waals surface area contributed by atoms with Crippen LogP contribution in [0.1, 0.15) is 5.56 Å². The third-order valence-electron chi connectivity index (χ3n) is 2.07. The largest absolute Gasteiger partial charge is 0.471 e. The normalized spacial score (nSPS) is 10.7. The predicted molar refractivity (Wildman–Crippen MR) is 65.2 cm³/mol. The monoisotopic (exact) mass is 262 g/mol. The zero-order valence-electron chi connectivity index (χ0n) is 9.37. The van der Waals surface area contributed by atoms with Crippen LogP contribution in [-0.2, 0) is 14.3 Å². The molecule has 0 aliphatic heterocycles. The molecular weight excluding hydrogens is 252 g/mol. The van der Waals surface area contributed by atoms with E-state index in [4.69, 9.17) is 8.60 Å². The van der Waals surface area contributed by atoms with Crippen molar-refractivity contribution in [1.82, 2.24) is 0 Å². The summed E-state index contributed by atoms with van der Waals surface area (Å²) >= 11 is 0. The second-order valence-corrected chi connectivity index (χ2v) is 4.96. The lowest BCUT2D eigenvalue weighted by Crippen LogP contribution is -2.06. The van der Waals surface area contributed by atoms with Crippen molar-refractivity contribution in [2.75, 3.05) is 6.61 Å². The molecule has 0 saturated heterocycles. The molecule has 0 amide bonds. The van der Waals surface area contributed by atoms with Gasteiger partial charge in [0.2, 0.25) is 0 Å². The van der Waals surface area contributed by atoms with Gasteiger partial charge in [-0.1, -0.05) is 30.0 Å². The van der Waals surface area contributed by atoms with Crippen LogP contribution in [0, 0.1) is 11.8 Å². The van der Waals surface area contributed by atoms with E-state index in [0.717, 1.165) is 0 Å². The summed E-state index contributed by atoms with van der Waals surface area (Å²) in [6.07, 6.45) is 2.96. The lowest BCUT2D eigenvalue weighted by atomic mass is 10.3.